The molecule has 0 radical (unpaired) electrons. The maximum absolute atomic E-state index is 12.5. The van der Waals surface area contributed by atoms with Crippen molar-refractivity contribution in [2.45, 2.75) is 11.4 Å². The van der Waals surface area contributed by atoms with Crippen LogP contribution >= 0.6 is 11.6 Å². The first-order chi connectivity index (χ1) is 17.4. The van der Waals surface area contributed by atoms with Gasteiger partial charge in [0.2, 0.25) is 20.0 Å². The molecular formula is C25H28ClN3O6S2. The number of amides is 1. The summed E-state index contributed by atoms with van der Waals surface area (Å²) in [7, 11) is -4.21. The number of nitrogens with zero attached hydrogens (tertiary/aromatic N) is 2. The first-order valence-electron chi connectivity index (χ1n) is 11.1. The van der Waals surface area contributed by atoms with Crippen molar-refractivity contribution in [1.82, 2.24) is 9.62 Å². The molecule has 0 bridgehead atoms. The van der Waals surface area contributed by atoms with Crippen LogP contribution in [0.2, 0.25) is 5.02 Å². The number of sulfonamides is 2. The molecule has 3 rings (SSSR count). The Kier molecular flexibility index (Phi) is 9.19. The summed E-state index contributed by atoms with van der Waals surface area (Å²) in [5, 5.41) is 3.19. The number of hydrogen-bond donors (Lipinski definition) is 1. The van der Waals surface area contributed by atoms with Gasteiger partial charge in [0, 0.05) is 24.7 Å². The van der Waals surface area contributed by atoms with Crippen molar-refractivity contribution in [2.75, 3.05) is 37.8 Å². The average molecular weight is 566 g/mol. The van der Waals surface area contributed by atoms with Crippen molar-refractivity contribution in [1.29, 1.82) is 0 Å². The van der Waals surface area contributed by atoms with E-state index in [4.69, 9.17) is 16.3 Å². The third kappa shape index (κ3) is 7.45. The maximum Gasteiger partial charge on any atom is 0.251 e. The molecular weight excluding hydrogens is 538 g/mol. The smallest absolute Gasteiger partial charge is 0.251 e. The van der Waals surface area contributed by atoms with Gasteiger partial charge in [0.25, 0.3) is 5.91 Å². The minimum atomic E-state index is -3.60. The summed E-state index contributed by atoms with van der Waals surface area (Å²) < 4.78 is 57.0. The lowest BCUT2D eigenvalue weighted by Gasteiger charge is -2.23. The van der Waals surface area contributed by atoms with Gasteiger partial charge < -0.3 is 10.1 Å². The highest BCUT2D eigenvalue weighted by Crippen LogP contribution is 2.24. The Labute approximate surface area is 222 Å². The largest absolute Gasteiger partial charge is 0.492 e. The molecule has 3 aromatic carbocycles. The van der Waals surface area contributed by atoms with E-state index in [1.165, 1.54) is 30.5 Å². The van der Waals surface area contributed by atoms with Crippen LogP contribution < -0.4 is 14.4 Å². The standard InChI is InChI=1S/C25H28ClN3O6S2/c1-28(2)37(33,34)23-14-12-22(13-15-23)35-17-16-27-25(30)19-8-10-21(11-9-19)29(36(3,31)32)18-20-6-4-5-7-24(20)26/h4-15H,16-18H2,1-3H3,(H,27,30). The Morgan fingerprint density at radius 3 is 2.11 bits per heavy atom. The summed E-state index contributed by atoms with van der Waals surface area (Å²) >= 11 is 6.20. The van der Waals surface area contributed by atoms with Gasteiger partial charge in [-0.25, -0.2) is 21.1 Å². The van der Waals surface area contributed by atoms with E-state index in [-0.39, 0.29) is 30.5 Å². The Hall–Kier alpha value is -3.12. The zero-order valence-corrected chi connectivity index (χ0v) is 23.0. The highest BCUT2D eigenvalue weighted by molar-refractivity contribution is 7.92. The van der Waals surface area contributed by atoms with Crippen molar-refractivity contribution in [3.05, 3.63) is 88.9 Å². The SMILES string of the molecule is CN(C)S(=O)(=O)c1ccc(OCCNC(=O)c2ccc(N(Cc3ccccc3Cl)S(C)(=O)=O)cc2)cc1. The molecule has 0 fully saturated rings. The maximum atomic E-state index is 12.5. The van der Waals surface area contributed by atoms with Crippen LogP contribution in [0.25, 0.3) is 0 Å². The van der Waals surface area contributed by atoms with Crippen LogP contribution in [0.3, 0.4) is 0 Å². The van der Waals surface area contributed by atoms with Crippen LogP contribution in [0.4, 0.5) is 5.69 Å². The molecule has 37 heavy (non-hydrogen) atoms. The summed E-state index contributed by atoms with van der Waals surface area (Å²) in [5.74, 6) is 0.121. The molecule has 0 saturated carbocycles. The summed E-state index contributed by atoms with van der Waals surface area (Å²) in [6, 6.07) is 19.2. The van der Waals surface area contributed by atoms with Gasteiger partial charge in [0.1, 0.15) is 12.4 Å². The quantitative estimate of drug-likeness (QED) is 0.357. The number of rotatable bonds is 11. The second kappa shape index (κ2) is 12.0. The fraction of sp³-hybridized carbons (Fsp3) is 0.240. The van der Waals surface area contributed by atoms with Crippen LogP contribution in [-0.2, 0) is 26.6 Å². The minimum absolute atomic E-state index is 0.0590. The molecule has 0 heterocycles. The van der Waals surface area contributed by atoms with Crippen molar-refractivity contribution in [3.63, 3.8) is 0 Å². The third-order valence-corrected chi connectivity index (χ3v) is 8.69. The van der Waals surface area contributed by atoms with Crippen molar-refractivity contribution in [3.8, 4) is 5.75 Å². The van der Waals surface area contributed by atoms with E-state index >= 15 is 0 Å². The molecule has 0 aliphatic heterocycles. The molecule has 1 N–H and O–H groups in total. The summed E-state index contributed by atoms with van der Waals surface area (Å²) in [6.45, 7) is 0.438. The summed E-state index contributed by atoms with van der Waals surface area (Å²) in [5.41, 5.74) is 1.42. The number of hydrogen-bond acceptors (Lipinski definition) is 6. The Morgan fingerprint density at radius 2 is 1.54 bits per heavy atom. The van der Waals surface area contributed by atoms with Gasteiger partial charge >= 0.3 is 0 Å². The van der Waals surface area contributed by atoms with E-state index in [1.807, 2.05) is 0 Å². The molecule has 0 unspecified atom stereocenters. The van der Waals surface area contributed by atoms with Gasteiger partial charge in [0.15, 0.2) is 0 Å². The molecule has 0 spiro atoms. The Balaban J connectivity index is 1.56. The minimum Gasteiger partial charge on any atom is -0.492 e. The number of nitrogens with one attached hydrogen (secondary N) is 1. The van der Waals surface area contributed by atoms with Gasteiger partial charge in [-0.15, -0.1) is 0 Å². The van der Waals surface area contributed by atoms with Crippen LogP contribution in [0.5, 0.6) is 5.75 Å². The van der Waals surface area contributed by atoms with Crippen LogP contribution in [0.1, 0.15) is 15.9 Å². The number of carbonyl (C=O) groups excluding carboxylic acids is 1. The third-order valence-electron chi connectivity index (χ3n) is 5.35. The van der Waals surface area contributed by atoms with E-state index in [2.05, 4.69) is 5.32 Å². The fourth-order valence-corrected chi connectivity index (χ4v) is 5.29. The first kappa shape index (κ1) is 28.5. The lowest BCUT2D eigenvalue weighted by molar-refractivity contribution is 0.0947. The zero-order chi connectivity index (χ0) is 27.2. The Morgan fingerprint density at radius 1 is 0.919 bits per heavy atom. The topological polar surface area (TPSA) is 113 Å². The van der Waals surface area contributed by atoms with Crippen molar-refractivity contribution in [2.24, 2.45) is 0 Å². The van der Waals surface area contributed by atoms with E-state index in [1.54, 1.807) is 60.7 Å². The van der Waals surface area contributed by atoms with Gasteiger partial charge in [-0.2, -0.15) is 0 Å². The van der Waals surface area contributed by atoms with Crippen LogP contribution in [-0.4, -0.2) is 60.6 Å². The molecule has 0 aliphatic carbocycles. The molecule has 0 saturated heterocycles. The van der Waals surface area contributed by atoms with Crippen molar-refractivity contribution >= 4 is 43.2 Å². The zero-order valence-electron chi connectivity index (χ0n) is 20.6. The summed E-state index contributed by atoms with van der Waals surface area (Å²) in [6.07, 6.45) is 1.11. The molecule has 1 amide bonds. The molecule has 198 valence electrons. The molecule has 12 heteroatoms. The fourth-order valence-electron chi connectivity index (χ4n) is 3.31. The second-order valence-electron chi connectivity index (χ2n) is 8.27. The van der Waals surface area contributed by atoms with E-state index in [0.717, 1.165) is 10.6 Å². The first-order valence-corrected chi connectivity index (χ1v) is 14.8. The molecule has 0 aliphatic rings. The summed E-state index contributed by atoms with van der Waals surface area (Å²) in [4.78, 5) is 12.7. The molecule has 0 aromatic heterocycles. The van der Waals surface area contributed by atoms with Gasteiger partial charge in [-0.3, -0.25) is 9.10 Å². The van der Waals surface area contributed by atoms with Crippen LogP contribution in [0.15, 0.2) is 77.7 Å². The lowest BCUT2D eigenvalue weighted by Crippen LogP contribution is -2.30. The van der Waals surface area contributed by atoms with Crippen molar-refractivity contribution < 1.29 is 26.4 Å². The second-order valence-corrected chi connectivity index (χ2v) is 12.7. The molecule has 3 aromatic rings. The number of carbonyl (C=O) groups is 1. The highest BCUT2D eigenvalue weighted by Gasteiger charge is 2.20. The highest BCUT2D eigenvalue weighted by atomic mass is 35.5. The van der Waals surface area contributed by atoms with Gasteiger partial charge in [0.05, 0.1) is 29.9 Å². The predicted octanol–water partition coefficient (Wildman–Crippen LogP) is 3.37. The predicted molar refractivity (Wildman–Crippen MR) is 144 cm³/mol. The van der Waals surface area contributed by atoms with Crippen LogP contribution in [0, 0.1) is 0 Å². The number of benzene rings is 3. The number of anilines is 1. The average Bonchev–Trinajstić information content (AvgIpc) is 2.85. The van der Waals surface area contributed by atoms with Gasteiger partial charge in [-0.1, -0.05) is 29.8 Å². The monoisotopic (exact) mass is 565 g/mol. The number of halogens is 1. The van der Waals surface area contributed by atoms with E-state index in [0.29, 0.717) is 27.6 Å². The lowest BCUT2D eigenvalue weighted by atomic mass is 10.1. The van der Waals surface area contributed by atoms with E-state index in [9.17, 15) is 21.6 Å². The number of ether oxygens (including phenoxy) is 1. The molecule has 0 atom stereocenters. The van der Waals surface area contributed by atoms with Gasteiger partial charge in [-0.05, 0) is 60.2 Å². The van der Waals surface area contributed by atoms with E-state index < -0.39 is 20.0 Å². The Bertz CT molecular complexity index is 1440. The molecule has 9 nitrogen and oxygen atoms in total. The normalized spacial score (nSPS) is 11.8.